The number of amides is 1. The number of rotatable bonds is 5. The third-order valence-electron chi connectivity index (χ3n) is 5.49. The molecule has 144 valence electrons. The monoisotopic (exact) mass is 375 g/mol. The average Bonchev–Trinajstić information content (AvgIpc) is 3.06. The van der Waals surface area contributed by atoms with Crippen LogP contribution in [0.25, 0.3) is 10.9 Å². The van der Waals surface area contributed by atoms with Gasteiger partial charge in [0.05, 0.1) is 0 Å². The molecule has 0 saturated heterocycles. The molecule has 0 aliphatic heterocycles. The summed E-state index contributed by atoms with van der Waals surface area (Å²) in [6.07, 6.45) is 3.20. The van der Waals surface area contributed by atoms with E-state index >= 15 is 0 Å². The summed E-state index contributed by atoms with van der Waals surface area (Å²) in [5, 5.41) is 7.71. The molecule has 5 heteroatoms. The van der Waals surface area contributed by atoms with Crippen LogP contribution in [-0.2, 0) is 12.8 Å². The van der Waals surface area contributed by atoms with Gasteiger partial charge in [-0.05, 0) is 68.6 Å². The maximum Gasteiger partial charge on any atom is 0.255 e. The third-order valence-corrected chi connectivity index (χ3v) is 5.49. The Morgan fingerprint density at radius 1 is 1.11 bits per heavy atom. The van der Waals surface area contributed by atoms with Gasteiger partial charge in [0.1, 0.15) is 0 Å². The number of carbonyl (C=O) groups is 2. The van der Waals surface area contributed by atoms with Gasteiger partial charge in [0.2, 0.25) is 0 Å². The van der Waals surface area contributed by atoms with Crippen molar-refractivity contribution in [1.29, 1.82) is 0 Å². The van der Waals surface area contributed by atoms with Gasteiger partial charge in [-0.15, -0.1) is 0 Å². The van der Waals surface area contributed by atoms with Crippen LogP contribution in [0, 0.1) is 0 Å². The molecule has 0 fully saturated rings. The highest BCUT2D eigenvalue weighted by Gasteiger charge is 2.22. The summed E-state index contributed by atoms with van der Waals surface area (Å²) in [5.41, 5.74) is 5.70. The minimum Gasteiger partial charge on any atom is -0.358 e. The van der Waals surface area contributed by atoms with Crippen LogP contribution >= 0.6 is 0 Å². The second-order valence-electron chi connectivity index (χ2n) is 7.43. The second kappa shape index (κ2) is 7.60. The molecule has 4 rings (SSSR count). The van der Waals surface area contributed by atoms with Crippen LogP contribution in [0.3, 0.4) is 0 Å². The first-order valence-electron chi connectivity index (χ1n) is 9.84. The Balaban J connectivity index is 1.57. The Morgan fingerprint density at radius 2 is 1.86 bits per heavy atom. The summed E-state index contributed by atoms with van der Waals surface area (Å²) in [5.74, 6) is -0.185. The summed E-state index contributed by atoms with van der Waals surface area (Å²) >= 11 is 0. The lowest BCUT2D eigenvalue weighted by molar-refractivity contribution is 0.101. The first kappa shape index (κ1) is 18.4. The SMILES string of the molecule is CCNC1CCc2[nH]c3ccc(NC(=O)c4ccc(C(C)=O)cc4)cc3c2C1. The van der Waals surface area contributed by atoms with Crippen molar-refractivity contribution in [2.24, 2.45) is 0 Å². The van der Waals surface area contributed by atoms with Crippen LogP contribution in [0.4, 0.5) is 5.69 Å². The van der Waals surface area contributed by atoms with E-state index in [1.54, 1.807) is 24.3 Å². The molecule has 0 radical (unpaired) electrons. The molecule has 0 spiro atoms. The highest BCUT2D eigenvalue weighted by Crippen LogP contribution is 2.31. The lowest BCUT2D eigenvalue weighted by atomic mass is 9.91. The predicted molar refractivity (Wildman–Crippen MR) is 112 cm³/mol. The Kier molecular flexibility index (Phi) is 5.01. The molecule has 1 aromatic heterocycles. The first-order chi connectivity index (χ1) is 13.5. The molecule has 1 atom stereocenters. The molecule has 1 aliphatic rings. The number of fused-ring (bicyclic) bond motifs is 3. The van der Waals surface area contributed by atoms with Gasteiger partial charge < -0.3 is 15.6 Å². The topological polar surface area (TPSA) is 74.0 Å². The summed E-state index contributed by atoms with van der Waals surface area (Å²) in [6, 6.07) is 13.3. The lowest BCUT2D eigenvalue weighted by Gasteiger charge is -2.23. The molecule has 3 N–H and O–H groups in total. The smallest absolute Gasteiger partial charge is 0.255 e. The van der Waals surface area contributed by atoms with Crippen LogP contribution in [0.1, 0.15) is 52.2 Å². The number of H-pyrrole nitrogens is 1. The van der Waals surface area contributed by atoms with Crippen molar-refractivity contribution in [2.45, 2.75) is 39.2 Å². The average molecular weight is 375 g/mol. The predicted octanol–water partition coefficient (Wildman–Crippen LogP) is 4.09. The maximum absolute atomic E-state index is 12.6. The van der Waals surface area contributed by atoms with Crippen molar-refractivity contribution >= 4 is 28.3 Å². The number of carbonyl (C=O) groups excluding carboxylic acids is 2. The Bertz CT molecular complexity index is 1030. The van der Waals surface area contributed by atoms with Gasteiger partial charge in [0.15, 0.2) is 5.78 Å². The van der Waals surface area contributed by atoms with E-state index in [0.29, 0.717) is 17.2 Å². The van der Waals surface area contributed by atoms with E-state index in [1.807, 2.05) is 12.1 Å². The van der Waals surface area contributed by atoms with Crippen molar-refractivity contribution in [3.63, 3.8) is 0 Å². The zero-order valence-electron chi connectivity index (χ0n) is 16.3. The fourth-order valence-electron chi connectivity index (χ4n) is 4.02. The van der Waals surface area contributed by atoms with Crippen LogP contribution in [-0.4, -0.2) is 29.3 Å². The van der Waals surface area contributed by atoms with Crippen molar-refractivity contribution in [3.05, 3.63) is 64.8 Å². The highest BCUT2D eigenvalue weighted by molar-refractivity contribution is 6.06. The quantitative estimate of drug-likeness (QED) is 0.588. The number of benzene rings is 2. The Morgan fingerprint density at radius 3 is 2.57 bits per heavy atom. The third kappa shape index (κ3) is 3.58. The standard InChI is InChI=1S/C23H25N3O2/c1-3-24-17-8-10-21-19(12-17)20-13-18(9-11-22(20)26-21)25-23(28)16-6-4-15(5-7-16)14(2)27/h4-7,9,11,13,17,24,26H,3,8,10,12H2,1-2H3,(H,25,28). The fraction of sp³-hybridized carbons (Fsp3) is 0.304. The lowest BCUT2D eigenvalue weighted by Crippen LogP contribution is -2.34. The van der Waals surface area contributed by atoms with Gasteiger partial charge in [-0.1, -0.05) is 19.1 Å². The molecule has 5 nitrogen and oxygen atoms in total. The van der Waals surface area contributed by atoms with Crippen LogP contribution in [0.5, 0.6) is 0 Å². The van der Waals surface area contributed by atoms with Gasteiger partial charge in [0, 0.05) is 39.5 Å². The van der Waals surface area contributed by atoms with E-state index in [0.717, 1.165) is 37.0 Å². The summed E-state index contributed by atoms with van der Waals surface area (Å²) in [7, 11) is 0. The van der Waals surface area contributed by atoms with E-state index in [1.165, 1.54) is 23.6 Å². The number of nitrogens with one attached hydrogen (secondary N) is 3. The van der Waals surface area contributed by atoms with Gasteiger partial charge in [-0.2, -0.15) is 0 Å². The minimum atomic E-state index is -0.176. The van der Waals surface area contributed by atoms with Gasteiger partial charge in [-0.3, -0.25) is 9.59 Å². The van der Waals surface area contributed by atoms with Crippen molar-refractivity contribution < 1.29 is 9.59 Å². The largest absolute Gasteiger partial charge is 0.358 e. The molecule has 1 unspecified atom stereocenters. The van der Waals surface area contributed by atoms with E-state index in [2.05, 4.69) is 28.6 Å². The number of ketones is 1. The number of likely N-dealkylation sites (N-methyl/N-ethyl adjacent to an activating group) is 1. The molecule has 1 amide bonds. The molecule has 1 aliphatic carbocycles. The summed E-state index contributed by atoms with van der Waals surface area (Å²) in [4.78, 5) is 27.5. The van der Waals surface area contributed by atoms with E-state index in [9.17, 15) is 9.59 Å². The molecule has 0 saturated carbocycles. The highest BCUT2D eigenvalue weighted by atomic mass is 16.1. The van der Waals surface area contributed by atoms with Crippen LogP contribution in [0.15, 0.2) is 42.5 Å². The van der Waals surface area contributed by atoms with Crippen LogP contribution < -0.4 is 10.6 Å². The molecule has 1 heterocycles. The Hall–Kier alpha value is -2.92. The van der Waals surface area contributed by atoms with E-state index in [-0.39, 0.29) is 11.7 Å². The number of anilines is 1. The maximum atomic E-state index is 12.6. The molecular weight excluding hydrogens is 350 g/mol. The number of Topliss-reactive ketones (excluding diaryl/α,β-unsaturated/α-hetero) is 1. The van der Waals surface area contributed by atoms with Crippen molar-refractivity contribution in [1.82, 2.24) is 10.3 Å². The number of hydrogen-bond acceptors (Lipinski definition) is 3. The number of aromatic nitrogens is 1. The van der Waals surface area contributed by atoms with Gasteiger partial charge in [-0.25, -0.2) is 0 Å². The zero-order chi connectivity index (χ0) is 19.7. The first-order valence-corrected chi connectivity index (χ1v) is 9.84. The van der Waals surface area contributed by atoms with Crippen molar-refractivity contribution in [3.8, 4) is 0 Å². The summed E-state index contributed by atoms with van der Waals surface area (Å²) < 4.78 is 0. The second-order valence-corrected chi connectivity index (χ2v) is 7.43. The zero-order valence-corrected chi connectivity index (χ0v) is 16.3. The van der Waals surface area contributed by atoms with Gasteiger partial charge in [0.25, 0.3) is 5.91 Å². The van der Waals surface area contributed by atoms with E-state index < -0.39 is 0 Å². The number of hydrogen-bond donors (Lipinski definition) is 3. The molecule has 2 aromatic carbocycles. The summed E-state index contributed by atoms with van der Waals surface area (Å²) in [6.45, 7) is 4.63. The van der Waals surface area contributed by atoms with E-state index in [4.69, 9.17) is 0 Å². The fourth-order valence-corrected chi connectivity index (χ4v) is 4.02. The number of aromatic amines is 1. The molecule has 28 heavy (non-hydrogen) atoms. The normalized spacial score (nSPS) is 16.0. The Labute approximate surface area is 164 Å². The molecular formula is C23H25N3O2. The molecule has 3 aromatic rings. The van der Waals surface area contributed by atoms with Crippen molar-refractivity contribution in [2.75, 3.05) is 11.9 Å². The van der Waals surface area contributed by atoms with Gasteiger partial charge >= 0.3 is 0 Å². The van der Waals surface area contributed by atoms with Crippen LogP contribution in [0.2, 0.25) is 0 Å². The minimum absolute atomic E-state index is 0.00879. The molecule has 0 bridgehead atoms. The number of aryl methyl sites for hydroxylation is 1.